The molecular formula is C5H7NOS. The molecule has 0 heterocycles. The molecule has 0 spiro atoms. The van der Waals surface area contributed by atoms with Crippen LogP contribution in [-0.2, 0) is 4.79 Å². The van der Waals surface area contributed by atoms with Gasteiger partial charge < -0.3 is 5.41 Å². The van der Waals surface area contributed by atoms with E-state index in [4.69, 9.17) is 5.41 Å². The smallest absolute Gasteiger partial charge is 0.196 e. The third kappa shape index (κ3) is 3.61. The Kier molecular flexibility index (Phi) is 4.26. The van der Waals surface area contributed by atoms with E-state index in [-0.39, 0.29) is 5.78 Å². The minimum absolute atomic E-state index is 0.264. The second kappa shape index (κ2) is 4.59. The lowest BCUT2D eigenvalue weighted by atomic mass is 10.4. The SMILES string of the molecule is CSC=CC(=O)C=N. The monoisotopic (exact) mass is 129 g/mol. The highest BCUT2D eigenvalue weighted by atomic mass is 32.2. The summed E-state index contributed by atoms with van der Waals surface area (Å²) in [7, 11) is 0. The number of carbonyl (C=O) groups is 1. The van der Waals surface area contributed by atoms with Crippen molar-refractivity contribution in [3.05, 3.63) is 11.5 Å². The van der Waals surface area contributed by atoms with E-state index < -0.39 is 0 Å². The number of carbonyl (C=O) groups excluding carboxylic acids is 1. The van der Waals surface area contributed by atoms with Crippen LogP contribution in [0.2, 0.25) is 0 Å². The van der Waals surface area contributed by atoms with E-state index in [1.807, 2.05) is 6.26 Å². The number of rotatable bonds is 3. The van der Waals surface area contributed by atoms with E-state index in [2.05, 4.69) is 0 Å². The summed E-state index contributed by atoms with van der Waals surface area (Å²) in [6, 6.07) is 0. The Hall–Kier alpha value is -0.570. The summed E-state index contributed by atoms with van der Waals surface area (Å²) in [5.41, 5.74) is 0. The van der Waals surface area contributed by atoms with Crippen LogP contribution in [0.1, 0.15) is 0 Å². The quantitative estimate of drug-likeness (QED) is 0.457. The molecule has 0 aromatic heterocycles. The molecule has 0 rings (SSSR count). The van der Waals surface area contributed by atoms with E-state index >= 15 is 0 Å². The zero-order valence-corrected chi connectivity index (χ0v) is 5.37. The number of thioether (sulfide) groups is 1. The maximum absolute atomic E-state index is 10.2. The van der Waals surface area contributed by atoms with Gasteiger partial charge in [0.25, 0.3) is 0 Å². The van der Waals surface area contributed by atoms with Crippen molar-refractivity contribution in [1.82, 2.24) is 0 Å². The molecule has 0 atom stereocenters. The van der Waals surface area contributed by atoms with E-state index in [0.29, 0.717) is 0 Å². The van der Waals surface area contributed by atoms with Crippen molar-refractivity contribution >= 4 is 23.8 Å². The van der Waals surface area contributed by atoms with Crippen LogP contribution in [0, 0.1) is 5.41 Å². The minimum Gasteiger partial charge on any atom is -0.305 e. The van der Waals surface area contributed by atoms with E-state index in [9.17, 15) is 4.79 Å². The molecule has 0 aromatic carbocycles. The summed E-state index contributed by atoms with van der Waals surface area (Å²) < 4.78 is 0. The number of hydrogen-bond acceptors (Lipinski definition) is 3. The molecule has 0 amide bonds. The zero-order valence-electron chi connectivity index (χ0n) is 4.55. The highest BCUT2D eigenvalue weighted by Crippen LogP contribution is 1.91. The summed E-state index contributed by atoms with van der Waals surface area (Å²) in [5.74, 6) is -0.264. The molecule has 3 heteroatoms. The Morgan fingerprint density at radius 2 is 2.38 bits per heavy atom. The van der Waals surface area contributed by atoms with Gasteiger partial charge in [0.2, 0.25) is 0 Å². The first-order valence-corrected chi connectivity index (χ1v) is 3.34. The molecule has 44 valence electrons. The Balaban J connectivity index is 3.52. The summed E-state index contributed by atoms with van der Waals surface area (Å²) in [5, 5.41) is 8.10. The third-order valence-electron chi connectivity index (χ3n) is 0.511. The van der Waals surface area contributed by atoms with Gasteiger partial charge in [-0.15, -0.1) is 11.8 Å². The van der Waals surface area contributed by atoms with Crippen LogP contribution < -0.4 is 0 Å². The number of hydrogen-bond donors (Lipinski definition) is 1. The molecule has 0 aliphatic carbocycles. The van der Waals surface area contributed by atoms with Gasteiger partial charge >= 0.3 is 0 Å². The molecule has 0 bridgehead atoms. The summed E-state index contributed by atoms with van der Waals surface area (Å²) in [6.07, 6.45) is 4.00. The molecular weight excluding hydrogens is 122 g/mol. The van der Waals surface area contributed by atoms with E-state index in [1.165, 1.54) is 17.8 Å². The Morgan fingerprint density at radius 1 is 1.75 bits per heavy atom. The molecule has 0 aliphatic heterocycles. The fraction of sp³-hybridized carbons (Fsp3) is 0.200. The summed E-state index contributed by atoms with van der Waals surface area (Å²) >= 11 is 1.44. The van der Waals surface area contributed by atoms with Crippen LogP contribution in [0.5, 0.6) is 0 Å². The molecule has 0 unspecified atom stereocenters. The van der Waals surface area contributed by atoms with Gasteiger partial charge in [0, 0.05) is 0 Å². The normalized spacial score (nSPS) is 9.62. The van der Waals surface area contributed by atoms with Crippen molar-refractivity contribution in [3.8, 4) is 0 Å². The first-order valence-electron chi connectivity index (χ1n) is 2.05. The second-order valence-electron chi connectivity index (χ2n) is 1.09. The Labute approximate surface area is 52.5 Å². The third-order valence-corrected chi connectivity index (χ3v) is 0.919. The highest BCUT2D eigenvalue weighted by molar-refractivity contribution is 8.01. The van der Waals surface area contributed by atoms with Crippen LogP contribution >= 0.6 is 11.8 Å². The average molecular weight is 129 g/mol. The van der Waals surface area contributed by atoms with Gasteiger partial charge in [0.15, 0.2) is 5.78 Å². The van der Waals surface area contributed by atoms with Crippen molar-refractivity contribution in [2.45, 2.75) is 0 Å². The molecule has 0 saturated carbocycles. The Morgan fingerprint density at radius 3 is 2.75 bits per heavy atom. The number of allylic oxidation sites excluding steroid dienone is 1. The lowest BCUT2D eigenvalue weighted by molar-refractivity contribution is -0.108. The second-order valence-corrected chi connectivity index (χ2v) is 1.83. The minimum atomic E-state index is -0.264. The van der Waals surface area contributed by atoms with Crippen LogP contribution in [0.3, 0.4) is 0 Å². The molecule has 1 N–H and O–H groups in total. The van der Waals surface area contributed by atoms with E-state index in [1.54, 1.807) is 5.41 Å². The molecule has 0 aromatic rings. The van der Waals surface area contributed by atoms with Crippen LogP contribution in [0.25, 0.3) is 0 Å². The van der Waals surface area contributed by atoms with Gasteiger partial charge in [0.05, 0.1) is 6.21 Å². The lowest BCUT2D eigenvalue weighted by Gasteiger charge is -1.75. The van der Waals surface area contributed by atoms with Gasteiger partial charge in [0.1, 0.15) is 0 Å². The van der Waals surface area contributed by atoms with Gasteiger partial charge in [-0.05, 0) is 17.7 Å². The van der Waals surface area contributed by atoms with Crippen LogP contribution in [-0.4, -0.2) is 18.3 Å². The van der Waals surface area contributed by atoms with Crippen molar-refractivity contribution in [2.75, 3.05) is 6.26 Å². The van der Waals surface area contributed by atoms with Crippen molar-refractivity contribution in [2.24, 2.45) is 0 Å². The maximum Gasteiger partial charge on any atom is 0.196 e. The molecule has 0 radical (unpaired) electrons. The van der Waals surface area contributed by atoms with Crippen molar-refractivity contribution in [1.29, 1.82) is 5.41 Å². The van der Waals surface area contributed by atoms with E-state index in [0.717, 1.165) is 6.21 Å². The molecule has 8 heavy (non-hydrogen) atoms. The largest absolute Gasteiger partial charge is 0.305 e. The zero-order chi connectivity index (χ0) is 6.41. The summed E-state index contributed by atoms with van der Waals surface area (Å²) in [4.78, 5) is 10.2. The number of ketones is 1. The van der Waals surface area contributed by atoms with Gasteiger partial charge in [-0.2, -0.15) is 0 Å². The van der Waals surface area contributed by atoms with Crippen molar-refractivity contribution < 1.29 is 4.79 Å². The Bertz CT molecular complexity index is 120. The lowest BCUT2D eigenvalue weighted by Crippen LogP contribution is -1.89. The van der Waals surface area contributed by atoms with Gasteiger partial charge in [-0.1, -0.05) is 0 Å². The van der Waals surface area contributed by atoms with Gasteiger partial charge in [-0.25, -0.2) is 0 Å². The first-order chi connectivity index (χ1) is 3.81. The first kappa shape index (κ1) is 7.43. The fourth-order valence-electron chi connectivity index (χ4n) is 0.183. The molecule has 2 nitrogen and oxygen atoms in total. The number of nitrogens with one attached hydrogen (secondary N) is 1. The molecule has 0 fully saturated rings. The predicted molar refractivity (Wildman–Crippen MR) is 36.4 cm³/mol. The van der Waals surface area contributed by atoms with Crippen molar-refractivity contribution in [3.63, 3.8) is 0 Å². The molecule has 0 saturated heterocycles. The topological polar surface area (TPSA) is 40.9 Å². The highest BCUT2D eigenvalue weighted by Gasteiger charge is 1.82. The van der Waals surface area contributed by atoms with Gasteiger partial charge in [-0.3, -0.25) is 4.79 Å². The maximum atomic E-state index is 10.2. The fourth-order valence-corrected chi connectivity index (χ4v) is 0.453. The predicted octanol–water partition coefficient (Wildman–Crippen LogP) is 1.08. The standard InChI is InChI=1S/C5H7NOS/c1-8-3-2-5(7)4-6/h2-4,6H,1H3. The summed E-state index contributed by atoms with van der Waals surface area (Å²) in [6.45, 7) is 0. The molecule has 0 aliphatic rings. The average Bonchev–Trinajstić information content (AvgIpc) is 1.83. The van der Waals surface area contributed by atoms with Crippen LogP contribution in [0.4, 0.5) is 0 Å². The van der Waals surface area contributed by atoms with Crippen LogP contribution in [0.15, 0.2) is 11.5 Å².